The summed E-state index contributed by atoms with van der Waals surface area (Å²) in [6.07, 6.45) is 6.41. The monoisotopic (exact) mass is 360 g/mol. The van der Waals surface area contributed by atoms with Crippen molar-refractivity contribution in [2.75, 3.05) is 5.32 Å². The zero-order valence-electron chi connectivity index (χ0n) is 11.0. The molecule has 3 rings (SSSR count). The molecule has 0 saturated carbocycles. The van der Waals surface area contributed by atoms with Crippen LogP contribution in [0.25, 0.3) is 5.95 Å². The lowest BCUT2D eigenvalue weighted by Crippen LogP contribution is -2.00. The number of hydrogen-bond acceptors (Lipinski definition) is 6. The minimum atomic E-state index is -0.447. The molecule has 22 heavy (non-hydrogen) atoms. The summed E-state index contributed by atoms with van der Waals surface area (Å²) in [5.74, 6) is 0.417. The number of nitro groups is 1. The molecule has 0 amide bonds. The van der Waals surface area contributed by atoms with E-state index in [4.69, 9.17) is 0 Å². The van der Waals surface area contributed by atoms with Crippen molar-refractivity contribution in [3.05, 3.63) is 63.6 Å². The molecule has 9 heteroatoms. The van der Waals surface area contributed by atoms with Crippen molar-refractivity contribution in [2.45, 2.75) is 0 Å². The number of hydrogen-bond donors (Lipinski definition) is 1. The third-order valence-corrected chi connectivity index (χ3v) is 3.27. The van der Waals surface area contributed by atoms with Gasteiger partial charge in [-0.05, 0) is 18.2 Å². The van der Waals surface area contributed by atoms with Gasteiger partial charge in [0.1, 0.15) is 5.69 Å². The molecule has 0 fully saturated rings. The van der Waals surface area contributed by atoms with Crippen LogP contribution >= 0.6 is 15.9 Å². The topological polar surface area (TPSA) is 98.8 Å². The van der Waals surface area contributed by atoms with Gasteiger partial charge >= 0.3 is 0 Å². The average Bonchev–Trinajstić information content (AvgIpc) is 2.98. The summed E-state index contributed by atoms with van der Waals surface area (Å²) in [5.41, 5.74) is 0.942. The van der Waals surface area contributed by atoms with Gasteiger partial charge in [-0.2, -0.15) is 5.10 Å². The van der Waals surface area contributed by atoms with Crippen molar-refractivity contribution < 1.29 is 4.92 Å². The molecule has 0 unspecified atom stereocenters. The Kier molecular flexibility index (Phi) is 3.79. The molecule has 3 aromatic rings. The molecular formula is C13H9BrN6O2. The maximum atomic E-state index is 11.1. The van der Waals surface area contributed by atoms with Gasteiger partial charge in [0.2, 0.25) is 5.95 Å². The van der Waals surface area contributed by atoms with Gasteiger partial charge in [-0.15, -0.1) is 0 Å². The van der Waals surface area contributed by atoms with E-state index in [1.807, 2.05) is 0 Å². The number of aromatic nitrogens is 4. The lowest BCUT2D eigenvalue weighted by Gasteiger charge is -2.04. The van der Waals surface area contributed by atoms with Crippen LogP contribution in [0.15, 0.2) is 53.5 Å². The Hall–Kier alpha value is -2.81. The van der Waals surface area contributed by atoms with Crippen molar-refractivity contribution in [1.82, 2.24) is 19.7 Å². The normalized spacial score (nSPS) is 10.4. The number of nitrogens with zero attached hydrogens (tertiary/aromatic N) is 5. The Morgan fingerprint density at radius 1 is 1.27 bits per heavy atom. The molecule has 8 nitrogen and oxygen atoms in total. The van der Waals surface area contributed by atoms with Gasteiger partial charge in [-0.25, -0.2) is 14.6 Å². The first-order valence-corrected chi connectivity index (χ1v) is 6.96. The highest BCUT2D eigenvalue weighted by atomic mass is 79.9. The molecule has 1 aromatic carbocycles. The number of nitro benzene ring substituents is 1. The van der Waals surface area contributed by atoms with E-state index in [9.17, 15) is 10.1 Å². The number of anilines is 2. The molecular weight excluding hydrogens is 352 g/mol. The van der Waals surface area contributed by atoms with E-state index in [0.717, 1.165) is 0 Å². The van der Waals surface area contributed by atoms with Crippen LogP contribution in [0.1, 0.15) is 0 Å². The fourth-order valence-corrected chi connectivity index (χ4v) is 2.17. The quantitative estimate of drug-likeness (QED) is 0.566. The summed E-state index contributed by atoms with van der Waals surface area (Å²) >= 11 is 3.22. The van der Waals surface area contributed by atoms with Crippen LogP contribution in [0.2, 0.25) is 0 Å². The van der Waals surface area contributed by atoms with Gasteiger partial charge in [-0.1, -0.05) is 15.9 Å². The second kappa shape index (κ2) is 5.90. The van der Waals surface area contributed by atoms with E-state index >= 15 is 0 Å². The zero-order chi connectivity index (χ0) is 15.5. The standard InChI is InChI=1S/C13H9BrN6O2/c14-9-2-3-11(12(6-9)20(21)22)18-10-7-17-19(8-10)13-15-4-1-5-16-13/h1-8,18H. The lowest BCUT2D eigenvalue weighted by molar-refractivity contribution is -0.384. The van der Waals surface area contributed by atoms with Crippen LogP contribution in [0.3, 0.4) is 0 Å². The number of benzene rings is 1. The predicted octanol–water partition coefficient (Wildman–Crippen LogP) is 3.08. The largest absolute Gasteiger partial charge is 0.347 e. The fraction of sp³-hybridized carbons (Fsp3) is 0. The SMILES string of the molecule is O=[N+]([O-])c1cc(Br)ccc1Nc1cnn(-c2ncccn2)c1. The summed E-state index contributed by atoms with van der Waals surface area (Å²) < 4.78 is 2.12. The van der Waals surface area contributed by atoms with Crippen molar-refractivity contribution in [3.63, 3.8) is 0 Å². The molecule has 2 aromatic heterocycles. The maximum Gasteiger partial charge on any atom is 0.293 e. The number of halogens is 1. The Morgan fingerprint density at radius 2 is 2.05 bits per heavy atom. The molecule has 0 bridgehead atoms. The molecule has 0 saturated heterocycles. The minimum absolute atomic E-state index is 0.0295. The Labute approximate surface area is 133 Å². The average molecular weight is 361 g/mol. The molecule has 0 atom stereocenters. The van der Waals surface area contributed by atoms with E-state index in [0.29, 0.717) is 21.8 Å². The summed E-state index contributed by atoms with van der Waals surface area (Å²) in [6, 6.07) is 6.49. The summed E-state index contributed by atoms with van der Waals surface area (Å²) in [5, 5.41) is 18.2. The number of nitrogens with one attached hydrogen (secondary N) is 1. The predicted molar refractivity (Wildman–Crippen MR) is 83.2 cm³/mol. The summed E-state index contributed by atoms with van der Waals surface area (Å²) in [6.45, 7) is 0. The van der Waals surface area contributed by atoms with E-state index < -0.39 is 4.92 Å². The van der Waals surface area contributed by atoms with Gasteiger partial charge in [0, 0.05) is 22.9 Å². The lowest BCUT2D eigenvalue weighted by atomic mass is 10.2. The van der Waals surface area contributed by atoms with Crippen molar-refractivity contribution >= 4 is 33.0 Å². The van der Waals surface area contributed by atoms with Crippen LogP contribution < -0.4 is 5.32 Å². The zero-order valence-corrected chi connectivity index (χ0v) is 12.6. The third kappa shape index (κ3) is 2.93. The molecule has 0 aliphatic carbocycles. The molecule has 0 spiro atoms. The summed E-state index contributed by atoms with van der Waals surface area (Å²) in [4.78, 5) is 18.8. The van der Waals surface area contributed by atoms with Crippen molar-refractivity contribution in [1.29, 1.82) is 0 Å². The second-order valence-electron chi connectivity index (χ2n) is 4.27. The van der Waals surface area contributed by atoms with Crippen LogP contribution in [-0.4, -0.2) is 24.7 Å². The number of rotatable bonds is 4. The maximum absolute atomic E-state index is 11.1. The molecule has 2 heterocycles. The first-order chi connectivity index (χ1) is 10.6. The molecule has 0 radical (unpaired) electrons. The van der Waals surface area contributed by atoms with Gasteiger partial charge in [0.15, 0.2) is 0 Å². The molecule has 1 N–H and O–H groups in total. The first kappa shape index (κ1) is 14.1. The second-order valence-corrected chi connectivity index (χ2v) is 5.18. The van der Waals surface area contributed by atoms with Crippen LogP contribution in [0, 0.1) is 10.1 Å². The third-order valence-electron chi connectivity index (χ3n) is 2.78. The van der Waals surface area contributed by atoms with Crippen molar-refractivity contribution in [2.24, 2.45) is 0 Å². The smallest absolute Gasteiger partial charge is 0.293 e. The first-order valence-electron chi connectivity index (χ1n) is 6.16. The summed E-state index contributed by atoms with van der Waals surface area (Å²) in [7, 11) is 0. The van der Waals surface area contributed by atoms with Crippen LogP contribution in [0.4, 0.5) is 17.1 Å². The van der Waals surface area contributed by atoms with Gasteiger partial charge < -0.3 is 5.32 Å². The minimum Gasteiger partial charge on any atom is -0.347 e. The van der Waals surface area contributed by atoms with Crippen LogP contribution in [-0.2, 0) is 0 Å². The van der Waals surface area contributed by atoms with E-state index in [-0.39, 0.29) is 5.69 Å². The Bertz CT molecular complexity index is 820. The van der Waals surface area contributed by atoms with Gasteiger partial charge in [0.25, 0.3) is 5.69 Å². The molecule has 0 aliphatic heterocycles. The highest BCUT2D eigenvalue weighted by molar-refractivity contribution is 9.10. The fourth-order valence-electron chi connectivity index (χ4n) is 1.82. The highest BCUT2D eigenvalue weighted by Crippen LogP contribution is 2.30. The highest BCUT2D eigenvalue weighted by Gasteiger charge is 2.15. The molecule has 0 aliphatic rings. The van der Waals surface area contributed by atoms with E-state index in [1.165, 1.54) is 10.7 Å². The Balaban J connectivity index is 1.89. The van der Waals surface area contributed by atoms with Gasteiger partial charge in [-0.3, -0.25) is 10.1 Å². The van der Waals surface area contributed by atoms with E-state index in [1.54, 1.807) is 43.0 Å². The van der Waals surface area contributed by atoms with Gasteiger partial charge in [0.05, 0.1) is 23.0 Å². The Morgan fingerprint density at radius 3 is 2.77 bits per heavy atom. The molecule has 110 valence electrons. The van der Waals surface area contributed by atoms with Crippen molar-refractivity contribution in [3.8, 4) is 5.95 Å². The van der Waals surface area contributed by atoms with E-state index in [2.05, 4.69) is 36.3 Å². The van der Waals surface area contributed by atoms with Crippen LogP contribution in [0.5, 0.6) is 0 Å².